The lowest BCUT2D eigenvalue weighted by molar-refractivity contribution is 0.652. The first-order chi connectivity index (χ1) is 10.1. The molecule has 0 aliphatic carbocycles. The highest BCUT2D eigenvalue weighted by molar-refractivity contribution is 6.34. The Morgan fingerprint density at radius 3 is 2.86 bits per heavy atom. The third-order valence-electron chi connectivity index (χ3n) is 3.52. The van der Waals surface area contributed by atoms with Gasteiger partial charge < -0.3 is 0 Å². The fraction of sp³-hybridized carbons (Fsp3) is 0.267. The molecule has 3 aromatic rings. The molecule has 0 N–H and O–H groups in total. The van der Waals surface area contributed by atoms with Crippen molar-refractivity contribution in [3.8, 4) is 0 Å². The molecule has 0 saturated carbocycles. The second kappa shape index (κ2) is 5.33. The van der Waals surface area contributed by atoms with Gasteiger partial charge in [0.2, 0.25) is 0 Å². The zero-order valence-electron chi connectivity index (χ0n) is 11.9. The number of nitrogens with zero attached hydrogens (tertiary/aromatic N) is 4. The van der Waals surface area contributed by atoms with Crippen LogP contribution < -0.4 is 5.56 Å². The van der Waals surface area contributed by atoms with E-state index in [9.17, 15) is 4.79 Å². The second-order valence-corrected chi connectivity index (χ2v) is 5.32. The number of fused-ring (bicyclic) bond motifs is 1. The van der Waals surface area contributed by atoms with Gasteiger partial charge in [0.15, 0.2) is 0 Å². The molecule has 5 nitrogen and oxygen atoms in total. The summed E-state index contributed by atoms with van der Waals surface area (Å²) in [5, 5.41) is 5.42. The van der Waals surface area contributed by atoms with Crippen molar-refractivity contribution in [2.75, 3.05) is 0 Å². The monoisotopic (exact) mass is 302 g/mol. The number of para-hydroxylation sites is 1. The molecule has 0 unspecified atom stereocenters. The van der Waals surface area contributed by atoms with Crippen LogP contribution in [0.3, 0.4) is 0 Å². The number of aromatic nitrogens is 4. The van der Waals surface area contributed by atoms with Crippen LogP contribution in [0, 0.1) is 6.92 Å². The minimum atomic E-state index is -0.0915. The summed E-state index contributed by atoms with van der Waals surface area (Å²) < 4.78 is 3.45. The van der Waals surface area contributed by atoms with E-state index in [1.807, 2.05) is 24.7 Å². The van der Waals surface area contributed by atoms with Crippen LogP contribution in [0.1, 0.15) is 18.2 Å². The molecule has 2 heterocycles. The van der Waals surface area contributed by atoms with Gasteiger partial charge in [-0.05, 0) is 26.0 Å². The van der Waals surface area contributed by atoms with E-state index in [-0.39, 0.29) is 5.56 Å². The summed E-state index contributed by atoms with van der Waals surface area (Å²) in [5.41, 5.74) is 2.39. The van der Waals surface area contributed by atoms with E-state index in [1.165, 1.54) is 0 Å². The maximum Gasteiger partial charge on any atom is 0.261 e. The lowest BCUT2D eigenvalue weighted by Gasteiger charge is -2.06. The zero-order chi connectivity index (χ0) is 15.0. The summed E-state index contributed by atoms with van der Waals surface area (Å²) in [6.07, 6.45) is 3.50. The first-order valence-corrected chi connectivity index (χ1v) is 7.14. The van der Waals surface area contributed by atoms with E-state index in [0.717, 1.165) is 17.8 Å². The number of rotatable bonds is 3. The van der Waals surface area contributed by atoms with Crippen LogP contribution in [0.5, 0.6) is 0 Å². The third kappa shape index (κ3) is 2.45. The Kier molecular flexibility index (Phi) is 3.51. The van der Waals surface area contributed by atoms with Gasteiger partial charge in [0, 0.05) is 18.3 Å². The molecule has 21 heavy (non-hydrogen) atoms. The van der Waals surface area contributed by atoms with Gasteiger partial charge in [0.05, 0.1) is 34.5 Å². The molecule has 1 aromatic carbocycles. The van der Waals surface area contributed by atoms with Gasteiger partial charge in [-0.2, -0.15) is 5.10 Å². The smallest absolute Gasteiger partial charge is 0.261 e. The molecule has 0 atom stereocenters. The van der Waals surface area contributed by atoms with Crippen LogP contribution in [-0.4, -0.2) is 19.3 Å². The van der Waals surface area contributed by atoms with E-state index >= 15 is 0 Å². The molecule has 0 radical (unpaired) electrons. The highest BCUT2D eigenvalue weighted by Crippen LogP contribution is 2.18. The van der Waals surface area contributed by atoms with Gasteiger partial charge in [-0.3, -0.25) is 14.0 Å². The summed E-state index contributed by atoms with van der Waals surface area (Å²) in [6, 6.07) is 5.24. The predicted molar refractivity (Wildman–Crippen MR) is 82.8 cm³/mol. The van der Waals surface area contributed by atoms with Crippen molar-refractivity contribution in [2.24, 2.45) is 0 Å². The van der Waals surface area contributed by atoms with E-state index in [0.29, 0.717) is 22.5 Å². The van der Waals surface area contributed by atoms with Gasteiger partial charge in [-0.25, -0.2) is 4.98 Å². The van der Waals surface area contributed by atoms with Crippen LogP contribution in [0.25, 0.3) is 10.9 Å². The van der Waals surface area contributed by atoms with Crippen molar-refractivity contribution in [3.63, 3.8) is 0 Å². The van der Waals surface area contributed by atoms with Crippen LogP contribution in [0.4, 0.5) is 0 Å². The largest absolute Gasteiger partial charge is 0.294 e. The Bertz CT molecular complexity index is 866. The summed E-state index contributed by atoms with van der Waals surface area (Å²) in [7, 11) is 0. The zero-order valence-corrected chi connectivity index (χ0v) is 12.6. The molecule has 6 heteroatoms. The number of benzene rings is 1. The lowest BCUT2D eigenvalue weighted by Crippen LogP contribution is -2.21. The van der Waals surface area contributed by atoms with Gasteiger partial charge in [-0.1, -0.05) is 17.7 Å². The molecular weight excluding hydrogens is 288 g/mol. The Labute approximate surface area is 126 Å². The highest BCUT2D eigenvalue weighted by atomic mass is 35.5. The van der Waals surface area contributed by atoms with E-state index in [1.54, 1.807) is 29.1 Å². The third-order valence-corrected chi connectivity index (χ3v) is 3.82. The first kappa shape index (κ1) is 13.8. The summed E-state index contributed by atoms with van der Waals surface area (Å²) in [5.74, 6) is 0. The fourth-order valence-corrected chi connectivity index (χ4v) is 2.55. The number of halogens is 1. The molecule has 0 spiro atoms. The van der Waals surface area contributed by atoms with Gasteiger partial charge in [0.25, 0.3) is 5.56 Å². The van der Waals surface area contributed by atoms with Crippen LogP contribution in [0.15, 0.2) is 35.5 Å². The molecule has 0 aliphatic heterocycles. The number of hydrogen-bond acceptors (Lipinski definition) is 3. The second-order valence-electron chi connectivity index (χ2n) is 4.91. The average Bonchev–Trinajstić information content (AvgIpc) is 2.83. The summed E-state index contributed by atoms with van der Waals surface area (Å²) in [6.45, 7) is 5.24. The summed E-state index contributed by atoms with van der Waals surface area (Å²) >= 11 is 6.06. The van der Waals surface area contributed by atoms with Crippen molar-refractivity contribution in [2.45, 2.75) is 26.9 Å². The minimum Gasteiger partial charge on any atom is -0.294 e. The lowest BCUT2D eigenvalue weighted by atomic mass is 10.2. The molecule has 108 valence electrons. The quantitative estimate of drug-likeness (QED) is 0.747. The molecule has 0 fully saturated rings. The van der Waals surface area contributed by atoms with Crippen LogP contribution >= 0.6 is 11.6 Å². The van der Waals surface area contributed by atoms with Crippen molar-refractivity contribution in [3.05, 3.63) is 57.4 Å². The van der Waals surface area contributed by atoms with Crippen LogP contribution in [-0.2, 0) is 13.1 Å². The van der Waals surface area contributed by atoms with E-state index < -0.39 is 0 Å². The summed E-state index contributed by atoms with van der Waals surface area (Å²) in [4.78, 5) is 16.8. The Morgan fingerprint density at radius 2 is 2.14 bits per heavy atom. The topological polar surface area (TPSA) is 52.7 Å². The normalized spacial score (nSPS) is 11.2. The van der Waals surface area contributed by atoms with Gasteiger partial charge in [-0.15, -0.1) is 0 Å². The first-order valence-electron chi connectivity index (χ1n) is 6.76. The van der Waals surface area contributed by atoms with Crippen molar-refractivity contribution in [1.82, 2.24) is 19.3 Å². The van der Waals surface area contributed by atoms with Crippen molar-refractivity contribution in [1.29, 1.82) is 0 Å². The Balaban J connectivity index is 2.07. The van der Waals surface area contributed by atoms with E-state index in [4.69, 9.17) is 11.6 Å². The Hall–Kier alpha value is -2.14. The molecule has 0 saturated heterocycles. The maximum absolute atomic E-state index is 12.5. The molecular formula is C15H15ClN4O. The standard InChI is InChI=1S/C15H15ClN4O/c1-3-20-8-11(10(2)18-20)7-19-9-17-14-12(15(19)21)5-4-6-13(14)16/h4-6,8-9H,3,7H2,1-2H3. The van der Waals surface area contributed by atoms with Crippen molar-refractivity contribution < 1.29 is 0 Å². The fourth-order valence-electron chi connectivity index (χ4n) is 2.33. The van der Waals surface area contributed by atoms with Gasteiger partial charge >= 0.3 is 0 Å². The maximum atomic E-state index is 12.5. The molecule has 0 bridgehead atoms. The Morgan fingerprint density at radius 1 is 1.33 bits per heavy atom. The molecule has 2 aromatic heterocycles. The predicted octanol–water partition coefficient (Wildman–Crippen LogP) is 2.62. The highest BCUT2D eigenvalue weighted by Gasteiger charge is 2.10. The van der Waals surface area contributed by atoms with Crippen molar-refractivity contribution >= 4 is 22.5 Å². The van der Waals surface area contributed by atoms with Gasteiger partial charge in [0.1, 0.15) is 0 Å². The van der Waals surface area contributed by atoms with E-state index in [2.05, 4.69) is 10.1 Å². The molecule has 0 amide bonds. The SMILES string of the molecule is CCn1cc(Cn2cnc3c(Cl)cccc3c2=O)c(C)n1. The molecule has 3 rings (SSSR count). The number of aryl methyl sites for hydroxylation is 2. The average molecular weight is 303 g/mol. The van der Waals surface area contributed by atoms with Crippen LogP contribution in [0.2, 0.25) is 5.02 Å². The molecule has 0 aliphatic rings. The number of hydrogen-bond donors (Lipinski definition) is 0. The minimum absolute atomic E-state index is 0.0915.